The highest BCUT2D eigenvalue weighted by Gasteiger charge is 2.55. The second kappa shape index (κ2) is 5.82. The molecule has 126 valence electrons. The number of hydrogen-bond donors (Lipinski definition) is 0. The van der Waals surface area contributed by atoms with Crippen molar-refractivity contribution < 1.29 is 14.3 Å². The first kappa shape index (κ1) is 16.3. The Hall–Kier alpha value is -1.56. The van der Waals surface area contributed by atoms with Crippen LogP contribution in [0.1, 0.15) is 40.0 Å². The van der Waals surface area contributed by atoms with Gasteiger partial charge in [-0.2, -0.15) is 4.98 Å². The molecule has 0 bridgehead atoms. The fourth-order valence-electron chi connectivity index (χ4n) is 2.98. The summed E-state index contributed by atoms with van der Waals surface area (Å²) in [6.07, 6.45) is 5.69. The minimum atomic E-state index is -0.475. The van der Waals surface area contributed by atoms with Gasteiger partial charge in [0.25, 0.3) is 0 Å². The lowest BCUT2D eigenvalue weighted by atomic mass is 9.91. The van der Waals surface area contributed by atoms with Crippen molar-refractivity contribution in [2.45, 2.75) is 51.7 Å². The number of amides is 1. The van der Waals surface area contributed by atoms with E-state index in [1.807, 2.05) is 20.8 Å². The Morgan fingerprint density at radius 3 is 2.74 bits per heavy atom. The van der Waals surface area contributed by atoms with Crippen molar-refractivity contribution in [2.75, 3.05) is 13.1 Å². The first-order valence-electron chi connectivity index (χ1n) is 7.90. The monoisotopic (exact) mass is 339 g/mol. The summed E-state index contributed by atoms with van der Waals surface area (Å²) in [4.78, 5) is 22.2. The highest BCUT2D eigenvalue weighted by Crippen LogP contribution is 2.53. The lowest BCUT2D eigenvalue weighted by molar-refractivity contribution is -0.00959. The van der Waals surface area contributed by atoms with Crippen LogP contribution in [0.2, 0.25) is 5.15 Å². The molecule has 6 nitrogen and oxygen atoms in total. The molecule has 2 heterocycles. The molecule has 23 heavy (non-hydrogen) atoms. The van der Waals surface area contributed by atoms with Gasteiger partial charge in [-0.1, -0.05) is 11.6 Å². The number of ether oxygens (including phenoxy) is 2. The number of aromatic nitrogens is 2. The van der Waals surface area contributed by atoms with Crippen LogP contribution in [0.25, 0.3) is 0 Å². The van der Waals surface area contributed by atoms with Gasteiger partial charge in [-0.05, 0) is 33.6 Å². The Balaban J connectivity index is 1.64. The second-order valence-electron chi connectivity index (χ2n) is 7.34. The summed E-state index contributed by atoms with van der Waals surface area (Å²) in [6, 6.07) is 0. The van der Waals surface area contributed by atoms with Crippen molar-refractivity contribution in [3.05, 3.63) is 17.5 Å². The van der Waals surface area contributed by atoms with Crippen LogP contribution >= 0.6 is 11.6 Å². The van der Waals surface area contributed by atoms with Crippen molar-refractivity contribution in [3.63, 3.8) is 0 Å². The van der Waals surface area contributed by atoms with E-state index in [2.05, 4.69) is 9.97 Å². The molecular formula is C16H22ClN3O3. The fraction of sp³-hybridized carbons (Fsp3) is 0.688. The summed E-state index contributed by atoms with van der Waals surface area (Å²) in [7, 11) is 0. The predicted octanol–water partition coefficient (Wildman–Crippen LogP) is 3.30. The molecule has 1 aliphatic carbocycles. The van der Waals surface area contributed by atoms with Crippen molar-refractivity contribution in [3.8, 4) is 5.88 Å². The number of hydrogen-bond acceptors (Lipinski definition) is 5. The molecule has 1 aromatic heterocycles. The first-order chi connectivity index (χ1) is 10.8. The molecule has 1 saturated heterocycles. The molecule has 1 saturated carbocycles. The maximum atomic E-state index is 12.3. The third-order valence-corrected chi connectivity index (χ3v) is 4.42. The third kappa shape index (κ3) is 3.86. The smallest absolute Gasteiger partial charge is 0.410 e. The Morgan fingerprint density at radius 1 is 1.39 bits per heavy atom. The molecule has 0 aromatic carbocycles. The third-order valence-electron chi connectivity index (χ3n) is 4.24. The minimum Gasteiger partial charge on any atom is -0.472 e. The average Bonchev–Trinajstić information content (AvgIpc) is 3.20. The van der Waals surface area contributed by atoms with Crippen LogP contribution in [0.3, 0.4) is 0 Å². The quantitative estimate of drug-likeness (QED) is 0.827. The van der Waals surface area contributed by atoms with Crippen LogP contribution in [0.4, 0.5) is 4.79 Å². The molecule has 1 spiro atoms. The normalized spacial score (nSPS) is 22.8. The number of halogens is 1. The van der Waals surface area contributed by atoms with Gasteiger partial charge in [0.1, 0.15) is 11.7 Å². The number of rotatable bonds is 2. The lowest BCUT2D eigenvalue weighted by Crippen LogP contribution is -2.50. The molecule has 3 rings (SSSR count). The van der Waals surface area contributed by atoms with Crippen molar-refractivity contribution >= 4 is 17.7 Å². The van der Waals surface area contributed by atoms with E-state index in [-0.39, 0.29) is 17.6 Å². The molecule has 2 fully saturated rings. The Labute approximate surface area is 141 Å². The van der Waals surface area contributed by atoms with E-state index in [1.165, 1.54) is 6.20 Å². The summed E-state index contributed by atoms with van der Waals surface area (Å²) in [5.41, 5.74) is -0.462. The summed E-state index contributed by atoms with van der Waals surface area (Å²) in [5, 5.41) is 0.318. The number of carbonyl (C=O) groups is 1. The van der Waals surface area contributed by atoms with Gasteiger partial charge >= 0.3 is 6.09 Å². The predicted molar refractivity (Wildman–Crippen MR) is 85.5 cm³/mol. The number of carbonyl (C=O) groups excluding carboxylic acids is 1. The van der Waals surface area contributed by atoms with Crippen LogP contribution < -0.4 is 4.74 Å². The summed E-state index contributed by atoms with van der Waals surface area (Å²) in [6.45, 7) is 6.93. The van der Waals surface area contributed by atoms with E-state index in [0.717, 1.165) is 19.3 Å². The fourth-order valence-corrected chi connectivity index (χ4v) is 3.11. The Morgan fingerprint density at radius 2 is 2.13 bits per heavy atom. The van der Waals surface area contributed by atoms with Gasteiger partial charge < -0.3 is 14.4 Å². The zero-order valence-corrected chi connectivity index (χ0v) is 14.5. The molecule has 1 aromatic rings. The zero-order chi connectivity index (χ0) is 16.7. The molecule has 1 atom stereocenters. The van der Waals surface area contributed by atoms with Gasteiger partial charge in [0.15, 0.2) is 5.15 Å². The van der Waals surface area contributed by atoms with Crippen LogP contribution in [0.15, 0.2) is 12.4 Å². The number of likely N-dealkylation sites (tertiary alicyclic amines) is 1. The van der Waals surface area contributed by atoms with Gasteiger partial charge in [0.2, 0.25) is 5.88 Å². The minimum absolute atomic E-state index is 0.0130. The summed E-state index contributed by atoms with van der Waals surface area (Å²) in [5.74, 6) is 0.444. The number of nitrogens with zero attached hydrogens (tertiary/aromatic N) is 3. The first-order valence-corrected chi connectivity index (χ1v) is 8.27. The SMILES string of the molecule is CC(C)(C)OC(=O)N1CC[C@@H](Oc2cncc(Cl)n2)C2(CC2)C1. The lowest BCUT2D eigenvalue weighted by Gasteiger charge is -2.39. The van der Waals surface area contributed by atoms with Gasteiger partial charge in [0.05, 0.1) is 12.4 Å². The van der Waals surface area contributed by atoms with Gasteiger partial charge in [-0.25, -0.2) is 4.79 Å². The Kier molecular flexibility index (Phi) is 4.12. The van der Waals surface area contributed by atoms with Gasteiger partial charge in [-0.3, -0.25) is 4.98 Å². The van der Waals surface area contributed by atoms with Crippen molar-refractivity contribution in [1.82, 2.24) is 14.9 Å². The maximum absolute atomic E-state index is 12.3. The molecule has 1 aliphatic heterocycles. The second-order valence-corrected chi connectivity index (χ2v) is 7.73. The van der Waals surface area contributed by atoms with Crippen LogP contribution in [0.5, 0.6) is 5.88 Å². The summed E-state index contributed by atoms with van der Waals surface area (Å²) >= 11 is 5.85. The van der Waals surface area contributed by atoms with Crippen molar-refractivity contribution in [2.24, 2.45) is 5.41 Å². The molecular weight excluding hydrogens is 318 g/mol. The van der Waals surface area contributed by atoms with Crippen LogP contribution in [-0.4, -0.2) is 45.8 Å². The van der Waals surface area contributed by atoms with Gasteiger partial charge in [0, 0.05) is 24.9 Å². The average molecular weight is 340 g/mol. The molecule has 0 radical (unpaired) electrons. The molecule has 0 N–H and O–H groups in total. The molecule has 1 amide bonds. The topological polar surface area (TPSA) is 64.5 Å². The van der Waals surface area contributed by atoms with E-state index < -0.39 is 5.60 Å². The molecule has 2 aliphatic rings. The van der Waals surface area contributed by atoms with E-state index in [4.69, 9.17) is 21.1 Å². The number of piperidine rings is 1. The standard InChI is InChI=1S/C16H22ClN3O3/c1-15(2,3)23-14(21)20-7-4-11(16(10-20)5-6-16)22-13-9-18-8-12(17)19-13/h8-9,11H,4-7,10H2,1-3H3/t11-/m1/s1. The largest absolute Gasteiger partial charge is 0.472 e. The molecule has 0 unspecified atom stereocenters. The zero-order valence-electron chi connectivity index (χ0n) is 13.7. The highest BCUT2D eigenvalue weighted by atomic mass is 35.5. The van der Waals surface area contributed by atoms with E-state index in [1.54, 1.807) is 11.1 Å². The Bertz CT molecular complexity index is 598. The van der Waals surface area contributed by atoms with Crippen LogP contribution in [-0.2, 0) is 4.74 Å². The van der Waals surface area contributed by atoms with E-state index in [9.17, 15) is 4.79 Å². The maximum Gasteiger partial charge on any atom is 0.410 e. The van der Waals surface area contributed by atoms with Crippen LogP contribution in [0, 0.1) is 5.41 Å². The van der Waals surface area contributed by atoms with Crippen molar-refractivity contribution in [1.29, 1.82) is 0 Å². The van der Waals surface area contributed by atoms with E-state index >= 15 is 0 Å². The van der Waals surface area contributed by atoms with Gasteiger partial charge in [-0.15, -0.1) is 0 Å². The summed E-state index contributed by atoms with van der Waals surface area (Å²) < 4.78 is 11.5. The highest BCUT2D eigenvalue weighted by molar-refractivity contribution is 6.29. The molecule has 7 heteroatoms. The van der Waals surface area contributed by atoms with E-state index in [0.29, 0.717) is 24.1 Å².